The third-order valence-corrected chi connectivity index (χ3v) is 1.98. The van der Waals surface area contributed by atoms with Crippen LogP contribution in [0.15, 0.2) is 24.3 Å². The number of nitrogens with two attached hydrogens (primary N) is 1. The summed E-state index contributed by atoms with van der Waals surface area (Å²) in [4.78, 5) is 11.6. The predicted octanol–water partition coefficient (Wildman–Crippen LogP) is 0.256. The molecule has 0 aliphatic heterocycles. The number of nitrogens with one attached hydrogen (secondary N) is 1. The molecule has 0 aromatic heterocycles. The number of aliphatic hydroxyl groups is 1. The van der Waals surface area contributed by atoms with Crippen molar-refractivity contribution in [2.45, 2.75) is 19.6 Å². The number of hydrogen-bond donors (Lipinski definition) is 3. The molecule has 1 aromatic carbocycles. The lowest BCUT2D eigenvalue weighted by molar-refractivity contribution is 0.0924. The molecule has 0 heterocycles. The van der Waals surface area contributed by atoms with E-state index in [2.05, 4.69) is 5.32 Å². The van der Waals surface area contributed by atoms with Crippen molar-refractivity contribution in [2.24, 2.45) is 5.73 Å². The summed E-state index contributed by atoms with van der Waals surface area (Å²) in [7, 11) is 0. The van der Waals surface area contributed by atoms with Crippen LogP contribution in [0.25, 0.3) is 0 Å². The SMILES string of the molecule is C[C@H](O)CNC(=O)c1cccc(CN)c1. The summed E-state index contributed by atoms with van der Waals surface area (Å²) in [6.07, 6.45) is -0.536. The molecule has 1 atom stereocenters. The van der Waals surface area contributed by atoms with Gasteiger partial charge in [-0.2, -0.15) is 0 Å². The molecule has 1 amide bonds. The molecule has 82 valence electrons. The van der Waals surface area contributed by atoms with E-state index in [1.807, 2.05) is 6.07 Å². The summed E-state index contributed by atoms with van der Waals surface area (Å²) in [5.74, 6) is -0.189. The Kier molecular flexibility index (Phi) is 4.27. The fourth-order valence-corrected chi connectivity index (χ4v) is 1.18. The second-order valence-electron chi connectivity index (χ2n) is 3.46. The van der Waals surface area contributed by atoms with E-state index in [0.29, 0.717) is 12.1 Å². The molecule has 0 aliphatic rings. The first kappa shape index (κ1) is 11.7. The summed E-state index contributed by atoms with van der Waals surface area (Å²) in [6, 6.07) is 7.12. The second kappa shape index (κ2) is 5.48. The van der Waals surface area contributed by atoms with Crippen LogP contribution in [0.4, 0.5) is 0 Å². The lowest BCUT2D eigenvalue weighted by atomic mass is 10.1. The maximum Gasteiger partial charge on any atom is 0.251 e. The van der Waals surface area contributed by atoms with Gasteiger partial charge >= 0.3 is 0 Å². The van der Waals surface area contributed by atoms with Gasteiger partial charge in [-0.05, 0) is 24.6 Å². The standard InChI is InChI=1S/C11H16N2O2/c1-8(14)7-13-11(15)10-4-2-3-9(5-10)6-12/h2-5,8,14H,6-7,12H2,1H3,(H,13,15)/t8-/m0/s1. The molecule has 4 N–H and O–H groups in total. The molecule has 0 radical (unpaired) electrons. The van der Waals surface area contributed by atoms with Gasteiger partial charge in [-0.25, -0.2) is 0 Å². The van der Waals surface area contributed by atoms with Crippen molar-refractivity contribution in [1.29, 1.82) is 0 Å². The molecule has 0 saturated carbocycles. The lowest BCUT2D eigenvalue weighted by Crippen LogP contribution is -2.30. The summed E-state index contributed by atoms with van der Waals surface area (Å²) < 4.78 is 0. The minimum atomic E-state index is -0.536. The van der Waals surface area contributed by atoms with E-state index in [1.54, 1.807) is 25.1 Å². The van der Waals surface area contributed by atoms with Gasteiger partial charge in [-0.3, -0.25) is 4.79 Å². The first-order chi connectivity index (χ1) is 7.13. The van der Waals surface area contributed by atoms with Gasteiger partial charge in [0.2, 0.25) is 0 Å². The van der Waals surface area contributed by atoms with Crippen molar-refractivity contribution < 1.29 is 9.90 Å². The molecular formula is C11H16N2O2. The fourth-order valence-electron chi connectivity index (χ4n) is 1.18. The van der Waals surface area contributed by atoms with Gasteiger partial charge in [0.15, 0.2) is 0 Å². The smallest absolute Gasteiger partial charge is 0.251 e. The van der Waals surface area contributed by atoms with Crippen molar-refractivity contribution >= 4 is 5.91 Å². The first-order valence-electron chi connectivity index (χ1n) is 4.88. The zero-order valence-electron chi connectivity index (χ0n) is 8.73. The van der Waals surface area contributed by atoms with Crippen LogP contribution in [0.1, 0.15) is 22.8 Å². The Labute approximate surface area is 89.1 Å². The summed E-state index contributed by atoms with van der Waals surface area (Å²) >= 11 is 0. The van der Waals surface area contributed by atoms with Gasteiger partial charge in [0.1, 0.15) is 0 Å². The Bertz CT molecular complexity index is 337. The Hall–Kier alpha value is -1.39. The van der Waals surface area contributed by atoms with Crippen LogP contribution in [0, 0.1) is 0 Å². The number of hydrogen-bond acceptors (Lipinski definition) is 3. The monoisotopic (exact) mass is 208 g/mol. The van der Waals surface area contributed by atoms with E-state index < -0.39 is 6.10 Å². The highest BCUT2D eigenvalue weighted by atomic mass is 16.3. The molecule has 0 unspecified atom stereocenters. The molecule has 4 nitrogen and oxygen atoms in total. The highest BCUT2D eigenvalue weighted by molar-refractivity contribution is 5.94. The minimum absolute atomic E-state index is 0.189. The van der Waals surface area contributed by atoms with Crippen molar-refractivity contribution in [3.8, 4) is 0 Å². The van der Waals surface area contributed by atoms with Gasteiger partial charge in [0.25, 0.3) is 5.91 Å². The molecule has 1 rings (SSSR count). The zero-order valence-corrected chi connectivity index (χ0v) is 8.73. The summed E-state index contributed by atoms with van der Waals surface area (Å²) in [5, 5.41) is 11.6. The maximum absolute atomic E-state index is 11.6. The van der Waals surface area contributed by atoms with Crippen LogP contribution in [0.2, 0.25) is 0 Å². The van der Waals surface area contributed by atoms with E-state index in [4.69, 9.17) is 10.8 Å². The molecule has 15 heavy (non-hydrogen) atoms. The van der Waals surface area contributed by atoms with E-state index in [0.717, 1.165) is 5.56 Å². The Morgan fingerprint density at radius 1 is 1.60 bits per heavy atom. The molecule has 0 saturated heterocycles. The number of amides is 1. The third kappa shape index (κ3) is 3.69. The van der Waals surface area contributed by atoms with E-state index in [1.165, 1.54) is 0 Å². The largest absolute Gasteiger partial charge is 0.392 e. The number of benzene rings is 1. The van der Waals surface area contributed by atoms with Gasteiger partial charge < -0.3 is 16.2 Å². The average molecular weight is 208 g/mol. The van der Waals surface area contributed by atoms with Gasteiger partial charge in [-0.15, -0.1) is 0 Å². The van der Waals surface area contributed by atoms with Crippen LogP contribution >= 0.6 is 0 Å². The summed E-state index contributed by atoms with van der Waals surface area (Å²) in [6.45, 7) is 2.29. The zero-order chi connectivity index (χ0) is 11.3. The molecular weight excluding hydrogens is 192 g/mol. The minimum Gasteiger partial charge on any atom is -0.392 e. The Morgan fingerprint density at radius 3 is 2.93 bits per heavy atom. The van der Waals surface area contributed by atoms with Gasteiger partial charge in [-0.1, -0.05) is 12.1 Å². The van der Waals surface area contributed by atoms with E-state index in [-0.39, 0.29) is 12.5 Å². The lowest BCUT2D eigenvalue weighted by Gasteiger charge is -2.07. The number of rotatable bonds is 4. The van der Waals surface area contributed by atoms with E-state index >= 15 is 0 Å². The van der Waals surface area contributed by atoms with Crippen LogP contribution in [0.5, 0.6) is 0 Å². The molecule has 0 fully saturated rings. The third-order valence-electron chi connectivity index (χ3n) is 1.98. The number of aliphatic hydroxyl groups excluding tert-OH is 1. The van der Waals surface area contributed by atoms with Crippen molar-refractivity contribution in [3.63, 3.8) is 0 Å². The quantitative estimate of drug-likeness (QED) is 0.664. The van der Waals surface area contributed by atoms with Crippen molar-refractivity contribution in [1.82, 2.24) is 5.32 Å². The highest BCUT2D eigenvalue weighted by Crippen LogP contribution is 2.04. The van der Waals surface area contributed by atoms with Crippen molar-refractivity contribution in [2.75, 3.05) is 6.54 Å². The Morgan fingerprint density at radius 2 is 2.33 bits per heavy atom. The van der Waals surface area contributed by atoms with Crippen molar-refractivity contribution in [3.05, 3.63) is 35.4 Å². The normalized spacial score (nSPS) is 12.2. The fraction of sp³-hybridized carbons (Fsp3) is 0.364. The molecule has 0 aliphatic carbocycles. The number of carbonyl (C=O) groups is 1. The van der Waals surface area contributed by atoms with Crippen LogP contribution < -0.4 is 11.1 Å². The number of carbonyl (C=O) groups excluding carboxylic acids is 1. The topological polar surface area (TPSA) is 75.3 Å². The van der Waals surface area contributed by atoms with Crippen LogP contribution in [-0.4, -0.2) is 23.7 Å². The van der Waals surface area contributed by atoms with Gasteiger partial charge in [0, 0.05) is 18.7 Å². The predicted molar refractivity (Wildman–Crippen MR) is 58.3 cm³/mol. The first-order valence-corrected chi connectivity index (χ1v) is 4.88. The second-order valence-corrected chi connectivity index (χ2v) is 3.46. The van der Waals surface area contributed by atoms with Gasteiger partial charge in [0.05, 0.1) is 6.10 Å². The maximum atomic E-state index is 11.6. The molecule has 1 aromatic rings. The highest BCUT2D eigenvalue weighted by Gasteiger charge is 2.06. The Balaban J connectivity index is 2.65. The molecule has 0 bridgehead atoms. The summed E-state index contributed by atoms with van der Waals surface area (Å²) in [5.41, 5.74) is 6.95. The van der Waals surface area contributed by atoms with Crippen LogP contribution in [-0.2, 0) is 6.54 Å². The van der Waals surface area contributed by atoms with Crippen LogP contribution in [0.3, 0.4) is 0 Å². The average Bonchev–Trinajstić information content (AvgIpc) is 2.26. The molecule has 4 heteroatoms. The van der Waals surface area contributed by atoms with E-state index in [9.17, 15) is 4.79 Å². The molecule has 0 spiro atoms.